The lowest BCUT2D eigenvalue weighted by molar-refractivity contribution is -1.02. The van der Waals surface area contributed by atoms with Crippen molar-refractivity contribution in [3.05, 3.63) is 71.8 Å². The highest BCUT2D eigenvalue weighted by atomic mass is 16.2. The highest BCUT2D eigenvalue weighted by Crippen LogP contribution is 1.95. The lowest BCUT2D eigenvalue weighted by atomic mass is 10.2. The first-order valence-electron chi connectivity index (χ1n) is 8.87. The van der Waals surface area contributed by atoms with E-state index >= 15 is 0 Å². The van der Waals surface area contributed by atoms with Gasteiger partial charge in [-0.15, -0.1) is 0 Å². The van der Waals surface area contributed by atoms with E-state index in [2.05, 4.69) is 40.9 Å². The number of piperazine rings is 1. The molecule has 0 unspecified atom stereocenters. The maximum atomic E-state index is 12.0. The number of benzene rings is 2. The van der Waals surface area contributed by atoms with Gasteiger partial charge >= 0.3 is 0 Å². The van der Waals surface area contributed by atoms with Gasteiger partial charge in [-0.3, -0.25) is 4.79 Å². The van der Waals surface area contributed by atoms with Crippen molar-refractivity contribution in [3.63, 3.8) is 0 Å². The molecular weight excluding hydrogens is 312 g/mol. The number of hydrazone groups is 1. The zero-order valence-electron chi connectivity index (χ0n) is 14.4. The molecule has 1 heterocycles. The maximum absolute atomic E-state index is 12.0. The number of nitrogens with zero attached hydrogens (tertiary/aromatic N) is 1. The highest BCUT2D eigenvalue weighted by molar-refractivity contribution is 5.82. The minimum absolute atomic E-state index is 0.0197. The van der Waals surface area contributed by atoms with Crippen molar-refractivity contribution in [1.82, 2.24) is 5.43 Å². The Morgan fingerprint density at radius 1 is 0.920 bits per heavy atom. The number of carbonyl (C=O) groups is 1. The molecule has 130 valence electrons. The van der Waals surface area contributed by atoms with Crippen molar-refractivity contribution < 1.29 is 14.6 Å². The molecule has 5 nitrogen and oxygen atoms in total. The summed E-state index contributed by atoms with van der Waals surface area (Å²) in [5.74, 6) is -0.0197. The van der Waals surface area contributed by atoms with Crippen LogP contribution in [0.4, 0.5) is 0 Å². The summed E-state index contributed by atoms with van der Waals surface area (Å²) in [5, 5.41) is 4.03. The summed E-state index contributed by atoms with van der Waals surface area (Å²) < 4.78 is 0. The second-order valence-corrected chi connectivity index (χ2v) is 6.54. The van der Waals surface area contributed by atoms with Crippen molar-refractivity contribution in [3.8, 4) is 0 Å². The Bertz CT molecular complexity index is 679. The number of amides is 1. The average molecular weight is 338 g/mol. The van der Waals surface area contributed by atoms with Crippen LogP contribution in [0.2, 0.25) is 0 Å². The first-order chi connectivity index (χ1) is 12.3. The number of rotatable bonds is 6. The third-order valence-corrected chi connectivity index (χ3v) is 4.57. The maximum Gasteiger partial charge on any atom is 0.295 e. The second-order valence-electron chi connectivity index (χ2n) is 6.54. The fourth-order valence-corrected chi connectivity index (χ4v) is 3.18. The lowest BCUT2D eigenvalue weighted by Crippen LogP contribution is -3.28. The van der Waals surface area contributed by atoms with Crippen LogP contribution in [0.15, 0.2) is 65.8 Å². The molecule has 3 rings (SSSR count). The van der Waals surface area contributed by atoms with Crippen molar-refractivity contribution >= 4 is 12.1 Å². The third-order valence-electron chi connectivity index (χ3n) is 4.57. The Morgan fingerprint density at radius 2 is 1.52 bits per heavy atom. The smallest absolute Gasteiger partial charge is 0.295 e. The predicted octanol–water partition coefficient (Wildman–Crippen LogP) is -0.880. The molecule has 25 heavy (non-hydrogen) atoms. The van der Waals surface area contributed by atoms with E-state index in [4.69, 9.17) is 0 Å². The van der Waals surface area contributed by atoms with E-state index in [9.17, 15) is 4.79 Å². The van der Waals surface area contributed by atoms with E-state index in [1.54, 1.807) is 11.1 Å². The van der Waals surface area contributed by atoms with Gasteiger partial charge in [-0.25, -0.2) is 5.43 Å². The minimum Gasteiger partial charge on any atom is -0.322 e. The molecule has 0 spiro atoms. The van der Waals surface area contributed by atoms with Crippen molar-refractivity contribution in [2.45, 2.75) is 6.54 Å². The summed E-state index contributed by atoms with van der Waals surface area (Å²) in [5.41, 5.74) is 5.00. The fraction of sp³-hybridized carbons (Fsp3) is 0.300. The van der Waals surface area contributed by atoms with Crippen LogP contribution in [0.5, 0.6) is 0 Å². The van der Waals surface area contributed by atoms with Crippen molar-refractivity contribution in [1.29, 1.82) is 0 Å². The number of quaternary nitrogens is 2. The molecule has 1 aliphatic heterocycles. The van der Waals surface area contributed by atoms with Gasteiger partial charge < -0.3 is 9.80 Å². The van der Waals surface area contributed by atoms with Gasteiger partial charge in [-0.2, -0.15) is 5.10 Å². The van der Waals surface area contributed by atoms with Gasteiger partial charge in [-0.1, -0.05) is 60.7 Å². The molecule has 1 amide bonds. The molecular formula is C20H26N4O+2. The Balaban J connectivity index is 1.37. The summed E-state index contributed by atoms with van der Waals surface area (Å²) in [6.07, 6.45) is 1.68. The van der Waals surface area contributed by atoms with Crippen LogP contribution in [0.1, 0.15) is 11.1 Å². The van der Waals surface area contributed by atoms with E-state index in [-0.39, 0.29) is 5.91 Å². The summed E-state index contributed by atoms with van der Waals surface area (Å²) >= 11 is 0. The summed E-state index contributed by atoms with van der Waals surface area (Å²) in [7, 11) is 0. The van der Waals surface area contributed by atoms with Crippen LogP contribution >= 0.6 is 0 Å². The zero-order valence-corrected chi connectivity index (χ0v) is 14.4. The van der Waals surface area contributed by atoms with Gasteiger partial charge in [0.1, 0.15) is 32.7 Å². The minimum atomic E-state index is -0.0197. The van der Waals surface area contributed by atoms with Gasteiger partial charge in [0.25, 0.3) is 5.91 Å². The summed E-state index contributed by atoms with van der Waals surface area (Å²) in [4.78, 5) is 15.0. The second kappa shape index (κ2) is 9.11. The van der Waals surface area contributed by atoms with Crippen LogP contribution in [-0.2, 0) is 11.3 Å². The Labute approximate surface area is 148 Å². The van der Waals surface area contributed by atoms with E-state index in [0.717, 1.165) is 38.3 Å². The zero-order chi connectivity index (χ0) is 17.3. The molecule has 2 aromatic rings. The number of nitrogens with one attached hydrogen (secondary N) is 3. The highest BCUT2D eigenvalue weighted by Gasteiger charge is 2.24. The number of hydrogen-bond acceptors (Lipinski definition) is 2. The van der Waals surface area contributed by atoms with E-state index in [1.807, 2.05) is 30.3 Å². The van der Waals surface area contributed by atoms with Crippen LogP contribution in [0, 0.1) is 0 Å². The first kappa shape index (κ1) is 17.3. The summed E-state index contributed by atoms with van der Waals surface area (Å²) in [6.45, 7) is 5.82. The topological polar surface area (TPSA) is 50.3 Å². The largest absolute Gasteiger partial charge is 0.322 e. The van der Waals surface area contributed by atoms with Gasteiger partial charge in [0.05, 0.1) is 6.21 Å². The molecule has 0 aromatic heterocycles. The Kier molecular flexibility index (Phi) is 6.31. The standard InChI is InChI=1S/C20H24N4O/c25-20(22-21-15-18-7-3-1-4-8-18)17-24-13-11-23(12-14-24)16-19-9-5-2-6-10-19/h1-10,15H,11-14,16-17H2,(H,22,25)/p+2/b21-15-. The Morgan fingerprint density at radius 3 is 2.20 bits per heavy atom. The average Bonchev–Trinajstić information content (AvgIpc) is 2.65. The predicted molar refractivity (Wildman–Crippen MR) is 98.6 cm³/mol. The van der Waals surface area contributed by atoms with Crippen LogP contribution in [-0.4, -0.2) is 44.8 Å². The van der Waals surface area contributed by atoms with Gasteiger partial charge in [-0.05, 0) is 5.56 Å². The van der Waals surface area contributed by atoms with E-state index in [1.165, 1.54) is 10.5 Å². The SMILES string of the molecule is O=C(C[NH+]1CC[NH+](Cc2ccccc2)CC1)N/N=C\c1ccccc1. The van der Waals surface area contributed by atoms with Crippen LogP contribution in [0.25, 0.3) is 0 Å². The molecule has 1 fully saturated rings. The molecule has 0 bridgehead atoms. The number of hydrogen-bond donors (Lipinski definition) is 3. The molecule has 0 radical (unpaired) electrons. The molecule has 1 saturated heterocycles. The van der Waals surface area contributed by atoms with Crippen LogP contribution in [0.3, 0.4) is 0 Å². The Hall–Kier alpha value is -2.50. The van der Waals surface area contributed by atoms with E-state index in [0.29, 0.717) is 6.54 Å². The molecule has 0 saturated carbocycles. The molecule has 1 aliphatic rings. The summed E-state index contributed by atoms with van der Waals surface area (Å²) in [6, 6.07) is 20.4. The molecule has 5 heteroatoms. The molecule has 2 aromatic carbocycles. The van der Waals surface area contributed by atoms with Crippen LogP contribution < -0.4 is 15.2 Å². The first-order valence-corrected chi connectivity index (χ1v) is 8.87. The van der Waals surface area contributed by atoms with Crippen molar-refractivity contribution in [2.24, 2.45) is 5.10 Å². The van der Waals surface area contributed by atoms with Gasteiger partial charge in [0.2, 0.25) is 0 Å². The molecule has 0 atom stereocenters. The van der Waals surface area contributed by atoms with E-state index < -0.39 is 0 Å². The third kappa shape index (κ3) is 5.81. The normalized spacial score (nSPS) is 20.5. The van der Waals surface area contributed by atoms with Gasteiger partial charge in [0, 0.05) is 5.56 Å². The monoisotopic (exact) mass is 338 g/mol. The number of carbonyl (C=O) groups excluding carboxylic acids is 1. The molecule has 3 N–H and O–H groups in total. The lowest BCUT2D eigenvalue weighted by Gasteiger charge is -2.29. The van der Waals surface area contributed by atoms with Crippen molar-refractivity contribution in [2.75, 3.05) is 32.7 Å². The quantitative estimate of drug-likeness (QED) is 0.465. The fourth-order valence-electron chi connectivity index (χ4n) is 3.18. The molecule has 0 aliphatic carbocycles. The van der Waals surface area contributed by atoms with Gasteiger partial charge in [0.15, 0.2) is 6.54 Å².